The predicted molar refractivity (Wildman–Crippen MR) is 69.2 cm³/mol. The summed E-state index contributed by atoms with van der Waals surface area (Å²) in [6, 6.07) is 4.20. The summed E-state index contributed by atoms with van der Waals surface area (Å²) in [5.74, 6) is 0.597. The second-order valence-corrected chi connectivity index (χ2v) is 3.99. The third kappa shape index (κ3) is 3.28. The van der Waals surface area contributed by atoms with Crippen LogP contribution in [0.25, 0.3) is 5.69 Å². The number of benzene rings is 1. The first-order chi connectivity index (χ1) is 9.76. The van der Waals surface area contributed by atoms with Crippen LogP contribution in [0, 0.1) is 5.82 Å². The highest BCUT2D eigenvalue weighted by atomic mass is 19.1. The van der Waals surface area contributed by atoms with E-state index < -0.39 is 0 Å². The molecule has 0 aliphatic heterocycles. The molecule has 1 heterocycles. The van der Waals surface area contributed by atoms with Crippen LogP contribution in [0.4, 0.5) is 4.39 Å². The molecule has 2 aromatic rings. The highest BCUT2D eigenvalue weighted by Gasteiger charge is 2.13. The number of hydrogen-bond acceptors (Lipinski definition) is 6. The van der Waals surface area contributed by atoms with Gasteiger partial charge in [-0.2, -0.15) is 4.68 Å². The molecule has 0 spiro atoms. The highest BCUT2D eigenvalue weighted by Crippen LogP contribution is 2.23. The molecule has 0 saturated carbocycles. The molecule has 7 nitrogen and oxygen atoms in total. The third-order valence-corrected chi connectivity index (χ3v) is 2.67. The topological polar surface area (TPSA) is 74.1 Å². The van der Waals surface area contributed by atoms with Crippen molar-refractivity contribution in [3.05, 3.63) is 29.8 Å². The summed E-state index contributed by atoms with van der Waals surface area (Å²) in [6.07, 6.45) is 0. The Morgan fingerprint density at radius 2 is 2.20 bits per heavy atom. The molecule has 0 radical (unpaired) electrons. The van der Waals surface area contributed by atoms with Gasteiger partial charge in [0.25, 0.3) is 0 Å². The van der Waals surface area contributed by atoms with Gasteiger partial charge in [0.2, 0.25) is 0 Å². The molecule has 2 rings (SSSR count). The third-order valence-electron chi connectivity index (χ3n) is 2.67. The van der Waals surface area contributed by atoms with E-state index in [9.17, 15) is 4.39 Å². The maximum absolute atomic E-state index is 13.2. The van der Waals surface area contributed by atoms with E-state index in [1.165, 1.54) is 23.9 Å². The molecule has 20 heavy (non-hydrogen) atoms. The van der Waals surface area contributed by atoms with Crippen molar-refractivity contribution in [1.82, 2.24) is 25.5 Å². The second kappa shape index (κ2) is 6.92. The van der Waals surface area contributed by atoms with Gasteiger partial charge in [-0.1, -0.05) is 0 Å². The van der Waals surface area contributed by atoms with Gasteiger partial charge < -0.3 is 14.8 Å². The molecule has 1 aromatic heterocycles. The van der Waals surface area contributed by atoms with Crippen molar-refractivity contribution in [2.75, 3.05) is 27.4 Å². The van der Waals surface area contributed by atoms with E-state index in [0.717, 1.165) is 0 Å². The molecule has 0 aliphatic carbocycles. The van der Waals surface area contributed by atoms with Crippen molar-refractivity contribution in [3.63, 3.8) is 0 Å². The zero-order chi connectivity index (χ0) is 14.4. The van der Waals surface area contributed by atoms with E-state index in [2.05, 4.69) is 20.8 Å². The lowest BCUT2D eigenvalue weighted by Gasteiger charge is -2.10. The zero-order valence-electron chi connectivity index (χ0n) is 11.3. The molecule has 0 unspecified atom stereocenters. The molecule has 108 valence electrons. The van der Waals surface area contributed by atoms with E-state index in [1.807, 2.05) is 0 Å². The highest BCUT2D eigenvalue weighted by molar-refractivity contribution is 5.46. The Hall–Kier alpha value is -2.06. The quantitative estimate of drug-likeness (QED) is 0.747. The van der Waals surface area contributed by atoms with Gasteiger partial charge in [0.05, 0.1) is 20.3 Å². The lowest BCUT2D eigenvalue weighted by atomic mass is 10.3. The van der Waals surface area contributed by atoms with Crippen LogP contribution in [0.2, 0.25) is 0 Å². The Kier molecular flexibility index (Phi) is 4.97. The Morgan fingerprint density at radius 1 is 1.35 bits per heavy atom. The zero-order valence-corrected chi connectivity index (χ0v) is 11.3. The molecule has 8 heteroatoms. The number of tetrazole rings is 1. The van der Waals surface area contributed by atoms with Gasteiger partial charge in [0.15, 0.2) is 5.82 Å². The number of nitrogens with zero attached hydrogens (tertiary/aromatic N) is 4. The standard InChI is InChI=1S/C12H16FN5O2/c1-19-6-5-14-8-12-15-16-17-18(12)10-4-3-9(13)7-11(10)20-2/h3-4,7,14H,5-6,8H2,1-2H3. The molecule has 0 fully saturated rings. The number of rotatable bonds is 7. The van der Waals surface area contributed by atoms with Crippen LogP contribution in [0.1, 0.15) is 5.82 Å². The van der Waals surface area contributed by atoms with Crippen LogP contribution in [0.15, 0.2) is 18.2 Å². The van der Waals surface area contributed by atoms with Gasteiger partial charge in [-0.3, -0.25) is 0 Å². The fourth-order valence-corrected chi connectivity index (χ4v) is 1.70. The van der Waals surface area contributed by atoms with E-state index >= 15 is 0 Å². The Bertz CT molecular complexity index is 561. The molecule has 1 N–H and O–H groups in total. The first kappa shape index (κ1) is 14.4. The molecule has 0 atom stereocenters. The van der Waals surface area contributed by atoms with Crippen LogP contribution in [0.5, 0.6) is 5.75 Å². The summed E-state index contributed by atoms with van der Waals surface area (Å²) in [4.78, 5) is 0. The van der Waals surface area contributed by atoms with Gasteiger partial charge in [-0.05, 0) is 22.6 Å². The lowest BCUT2D eigenvalue weighted by molar-refractivity contribution is 0.199. The Labute approximate surface area is 115 Å². The number of methoxy groups -OCH3 is 2. The van der Waals surface area contributed by atoms with Crippen LogP contribution in [-0.2, 0) is 11.3 Å². The van der Waals surface area contributed by atoms with Gasteiger partial charge >= 0.3 is 0 Å². The van der Waals surface area contributed by atoms with Crippen molar-refractivity contribution < 1.29 is 13.9 Å². The van der Waals surface area contributed by atoms with E-state index in [4.69, 9.17) is 9.47 Å². The second-order valence-electron chi connectivity index (χ2n) is 3.99. The van der Waals surface area contributed by atoms with Gasteiger partial charge in [0, 0.05) is 19.7 Å². The largest absolute Gasteiger partial charge is 0.494 e. The van der Waals surface area contributed by atoms with Crippen molar-refractivity contribution >= 4 is 0 Å². The van der Waals surface area contributed by atoms with Crippen molar-refractivity contribution in [2.24, 2.45) is 0 Å². The van der Waals surface area contributed by atoms with Crippen molar-refractivity contribution in [3.8, 4) is 11.4 Å². The number of ether oxygens (including phenoxy) is 2. The maximum atomic E-state index is 13.2. The number of hydrogen-bond donors (Lipinski definition) is 1. The normalized spacial score (nSPS) is 10.8. The number of nitrogens with one attached hydrogen (secondary N) is 1. The minimum atomic E-state index is -0.376. The SMILES string of the molecule is COCCNCc1nnnn1-c1ccc(F)cc1OC. The summed E-state index contributed by atoms with van der Waals surface area (Å²) in [7, 11) is 3.11. The molecule has 0 aliphatic rings. The van der Waals surface area contributed by atoms with Gasteiger partial charge in [-0.25, -0.2) is 4.39 Å². The Balaban J connectivity index is 2.19. The summed E-state index contributed by atoms with van der Waals surface area (Å²) in [5, 5.41) is 14.6. The number of aromatic nitrogens is 4. The fourth-order valence-electron chi connectivity index (χ4n) is 1.70. The fraction of sp³-hybridized carbons (Fsp3) is 0.417. The molecule has 0 bridgehead atoms. The van der Waals surface area contributed by atoms with Gasteiger partial charge in [-0.15, -0.1) is 5.10 Å². The van der Waals surface area contributed by atoms with Crippen LogP contribution in [0.3, 0.4) is 0 Å². The first-order valence-electron chi connectivity index (χ1n) is 6.07. The average molecular weight is 281 g/mol. The molecular formula is C12H16FN5O2. The smallest absolute Gasteiger partial charge is 0.170 e. The van der Waals surface area contributed by atoms with E-state index in [-0.39, 0.29) is 5.82 Å². The van der Waals surface area contributed by atoms with Gasteiger partial charge in [0.1, 0.15) is 17.3 Å². The average Bonchev–Trinajstić information content (AvgIpc) is 2.91. The molecule has 1 aromatic carbocycles. The summed E-state index contributed by atoms with van der Waals surface area (Å²) in [5.41, 5.74) is 0.586. The molecule has 0 saturated heterocycles. The van der Waals surface area contributed by atoms with Crippen LogP contribution in [-0.4, -0.2) is 47.6 Å². The van der Waals surface area contributed by atoms with E-state index in [0.29, 0.717) is 37.0 Å². The molecular weight excluding hydrogens is 265 g/mol. The Morgan fingerprint density at radius 3 is 2.95 bits per heavy atom. The summed E-state index contributed by atoms with van der Waals surface area (Å²) >= 11 is 0. The minimum absolute atomic E-state index is 0.371. The van der Waals surface area contributed by atoms with Crippen molar-refractivity contribution in [1.29, 1.82) is 0 Å². The summed E-state index contributed by atoms with van der Waals surface area (Å²) < 4.78 is 24.8. The number of halogens is 1. The molecule has 0 amide bonds. The van der Waals surface area contributed by atoms with Crippen molar-refractivity contribution in [2.45, 2.75) is 6.54 Å². The van der Waals surface area contributed by atoms with Crippen LogP contribution < -0.4 is 10.1 Å². The maximum Gasteiger partial charge on any atom is 0.170 e. The van der Waals surface area contributed by atoms with Crippen LogP contribution >= 0.6 is 0 Å². The lowest BCUT2D eigenvalue weighted by Crippen LogP contribution is -2.21. The van der Waals surface area contributed by atoms with E-state index in [1.54, 1.807) is 13.2 Å². The monoisotopic (exact) mass is 281 g/mol. The summed E-state index contributed by atoms with van der Waals surface area (Å²) in [6.45, 7) is 1.75. The minimum Gasteiger partial charge on any atom is -0.494 e. The predicted octanol–water partition coefficient (Wildman–Crippen LogP) is 0.546. The first-order valence-corrected chi connectivity index (χ1v) is 6.07.